The van der Waals surface area contributed by atoms with Crippen molar-refractivity contribution < 1.29 is 18.0 Å². The molecule has 0 saturated carbocycles. The van der Waals surface area contributed by atoms with Crippen molar-refractivity contribution in [1.29, 1.82) is 0 Å². The molecule has 9 heteroatoms. The van der Waals surface area contributed by atoms with Crippen molar-refractivity contribution in [3.8, 4) is 0 Å². The lowest BCUT2D eigenvalue weighted by Gasteiger charge is -2.11. The van der Waals surface area contributed by atoms with E-state index < -0.39 is 17.6 Å². The molecule has 0 unspecified atom stereocenters. The second-order valence-corrected chi connectivity index (χ2v) is 7.71. The minimum absolute atomic E-state index is 0.102. The molecule has 156 valence electrons. The highest BCUT2D eigenvalue weighted by Crippen LogP contribution is 2.30. The standard InChI is InChI=1S/C22H15F3N4OS/c1-13-17(28-21(30)14-6-5-7-15(10-14)22(23,24)25)11-18-20(27-13)29-19(12-26-18)31-16-8-3-2-4-9-16/h2-12H,1H3,(H,28,30). The van der Waals surface area contributed by atoms with Crippen LogP contribution >= 0.6 is 11.8 Å². The van der Waals surface area contributed by atoms with Crippen molar-refractivity contribution in [2.45, 2.75) is 23.0 Å². The van der Waals surface area contributed by atoms with Crippen LogP contribution in [0.15, 0.2) is 76.8 Å². The zero-order valence-electron chi connectivity index (χ0n) is 16.1. The van der Waals surface area contributed by atoms with Crippen LogP contribution in [-0.2, 0) is 6.18 Å². The van der Waals surface area contributed by atoms with Gasteiger partial charge < -0.3 is 5.32 Å². The molecule has 1 N–H and O–H groups in total. The van der Waals surface area contributed by atoms with E-state index in [4.69, 9.17) is 0 Å². The maximum atomic E-state index is 12.9. The number of benzene rings is 2. The molecule has 2 heterocycles. The van der Waals surface area contributed by atoms with Gasteiger partial charge in [-0.1, -0.05) is 36.0 Å². The van der Waals surface area contributed by atoms with Crippen LogP contribution in [-0.4, -0.2) is 20.9 Å². The second kappa shape index (κ2) is 8.35. The van der Waals surface area contributed by atoms with Crippen molar-refractivity contribution in [3.63, 3.8) is 0 Å². The van der Waals surface area contributed by atoms with Gasteiger partial charge in [0.05, 0.1) is 23.1 Å². The number of anilines is 1. The molecule has 1 amide bonds. The van der Waals surface area contributed by atoms with Crippen molar-refractivity contribution in [3.05, 3.63) is 83.7 Å². The number of carbonyl (C=O) groups excluding carboxylic acids is 1. The normalized spacial score (nSPS) is 11.5. The Hall–Kier alpha value is -3.46. The highest BCUT2D eigenvalue weighted by atomic mass is 32.2. The number of carbonyl (C=O) groups is 1. The number of nitrogens with zero attached hydrogens (tertiary/aromatic N) is 3. The minimum atomic E-state index is -4.53. The van der Waals surface area contributed by atoms with Gasteiger partial charge in [0, 0.05) is 10.5 Å². The summed E-state index contributed by atoms with van der Waals surface area (Å²) in [5.74, 6) is -0.667. The van der Waals surface area contributed by atoms with Crippen molar-refractivity contribution in [2.24, 2.45) is 0 Å². The Kier molecular flexibility index (Phi) is 5.60. The molecule has 2 aromatic carbocycles. The fourth-order valence-electron chi connectivity index (χ4n) is 2.83. The third kappa shape index (κ3) is 4.83. The van der Waals surface area contributed by atoms with Crippen LogP contribution in [0, 0.1) is 6.92 Å². The number of hydrogen-bond acceptors (Lipinski definition) is 5. The summed E-state index contributed by atoms with van der Waals surface area (Å²) in [7, 11) is 0. The Balaban J connectivity index is 1.58. The Labute approximate surface area is 179 Å². The lowest BCUT2D eigenvalue weighted by atomic mass is 10.1. The monoisotopic (exact) mass is 440 g/mol. The molecular weight excluding hydrogens is 425 g/mol. The van der Waals surface area contributed by atoms with E-state index in [1.54, 1.807) is 19.2 Å². The molecule has 31 heavy (non-hydrogen) atoms. The number of aryl methyl sites for hydroxylation is 1. The molecule has 0 bridgehead atoms. The van der Waals surface area contributed by atoms with Gasteiger partial charge in [0.1, 0.15) is 10.5 Å². The quantitative estimate of drug-likeness (QED) is 0.437. The summed E-state index contributed by atoms with van der Waals surface area (Å²) < 4.78 is 38.7. The summed E-state index contributed by atoms with van der Waals surface area (Å²) in [5, 5.41) is 3.28. The Morgan fingerprint density at radius 1 is 1.00 bits per heavy atom. The van der Waals surface area contributed by atoms with Crippen LogP contribution in [0.2, 0.25) is 0 Å². The summed E-state index contributed by atoms with van der Waals surface area (Å²) in [5.41, 5.74) is 0.715. The number of hydrogen-bond donors (Lipinski definition) is 1. The van der Waals surface area contributed by atoms with E-state index in [0.717, 1.165) is 17.0 Å². The zero-order valence-corrected chi connectivity index (χ0v) is 17.0. The van der Waals surface area contributed by atoms with E-state index in [0.29, 0.717) is 27.6 Å². The number of fused-ring (bicyclic) bond motifs is 1. The molecular formula is C22H15F3N4OS. The first kappa shape index (κ1) is 20.8. The van der Waals surface area contributed by atoms with E-state index >= 15 is 0 Å². The van der Waals surface area contributed by atoms with Crippen LogP contribution in [0.5, 0.6) is 0 Å². The van der Waals surface area contributed by atoms with Gasteiger partial charge in [0.2, 0.25) is 0 Å². The van der Waals surface area contributed by atoms with Crippen LogP contribution in [0.1, 0.15) is 21.6 Å². The number of amides is 1. The van der Waals surface area contributed by atoms with Gasteiger partial charge in [-0.25, -0.2) is 15.0 Å². The molecule has 5 nitrogen and oxygen atoms in total. The topological polar surface area (TPSA) is 67.8 Å². The molecule has 4 rings (SSSR count). The lowest BCUT2D eigenvalue weighted by molar-refractivity contribution is -0.137. The van der Waals surface area contributed by atoms with Crippen LogP contribution < -0.4 is 5.32 Å². The minimum Gasteiger partial charge on any atom is -0.320 e. The fraction of sp³-hybridized carbons (Fsp3) is 0.0909. The third-order valence-electron chi connectivity index (χ3n) is 4.37. The second-order valence-electron chi connectivity index (χ2n) is 6.62. The van der Waals surface area contributed by atoms with E-state index in [1.165, 1.54) is 23.9 Å². The Bertz CT molecular complexity index is 1260. The number of alkyl halides is 3. The van der Waals surface area contributed by atoms with Gasteiger partial charge in [-0.2, -0.15) is 13.2 Å². The average molecular weight is 440 g/mol. The number of halogens is 3. The van der Waals surface area contributed by atoms with Gasteiger partial charge in [0.25, 0.3) is 5.91 Å². The molecule has 4 aromatic rings. The lowest BCUT2D eigenvalue weighted by Crippen LogP contribution is -2.15. The molecule has 0 aliphatic rings. The summed E-state index contributed by atoms with van der Waals surface area (Å²) in [6, 6.07) is 15.6. The first-order valence-electron chi connectivity index (χ1n) is 9.15. The first-order chi connectivity index (χ1) is 14.8. The van der Waals surface area contributed by atoms with Crippen LogP contribution in [0.3, 0.4) is 0 Å². The smallest absolute Gasteiger partial charge is 0.320 e. The van der Waals surface area contributed by atoms with Gasteiger partial charge in [-0.15, -0.1) is 0 Å². The number of rotatable bonds is 4. The number of aromatic nitrogens is 3. The average Bonchev–Trinajstić information content (AvgIpc) is 2.74. The van der Waals surface area contributed by atoms with Gasteiger partial charge in [-0.05, 0) is 43.3 Å². The summed E-state index contributed by atoms with van der Waals surface area (Å²) >= 11 is 1.45. The highest BCUT2D eigenvalue weighted by Gasteiger charge is 2.31. The molecule has 0 aliphatic heterocycles. The summed E-state index contributed by atoms with van der Waals surface area (Å²) in [6.45, 7) is 1.68. The van der Waals surface area contributed by atoms with E-state index in [-0.39, 0.29) is 5.56 Å². The number of nitrogens with one attached hydrogen (secondary N) is 1. The van der Waals surface area contributed by atoms with Crippen LogP contribution in [0.25, 0.3) is 11.2 Å². The highest BCUT2D eigenvalue weighted by molar-refractivity contribution is 7.99. The van der Waals surface area contributed by atoms with Crippen LogP contribution in [0.4, 0.5) is 18.9 Å². The Morgan fingerprint density at radius 2 is 1.77 bits per heavy atom. The summed E-state index contributed by atoms with van der Waals surface area (Å²) in [6.07, 6.45) is -2.92. The first-order valence-corrected chi connectivity index (χ1v) is 9.97. The largest absolute Gasteiger partial charge is 0.416 e. The molecule has 0 fully saturated rings. The Morgan fingerprint density at radius 3 is 2.52 bits per heavy atom. The molecule has 0 atom stereocenters. The molecule has 0 saturated heterocycles. The molecule has 2 aromatic heterocycles. The van der Waals surface area contributed by atoms with E-state index in [1.807, 2.05) is 30.3 Å². The van der Waals surface area contributed by atoms with E-state index in [2.05, 4.69) is 20.3 Å². The van der Waals surface area contributed by atoms with Crippen molar-refractivity contribution >= 4 is 34.5 Å². The third-order valence-corrected chi connectivity index (χ3v) is 5.28. The maximum Gasteiger partial charge on any atom is 0.416 e. The maximum absolute atomic E-state index is 12.9. The predicted octanol–water partition coefficient (Wildman–Crippen LogP) is 5.76. The summed E-state index contributed by atoms with van der Waals surface area (Å²) in [4.78, 5) is 26.8. The molecule has 0 radical (unpaired) electrons. The van der Waals surface area contributed by atoms with Gasteiger partial charge >= 0.3 is 6.18 Å². The van der Waals surface area contributed by atoms with Crippen molar-refractivity contribution in [2.75, 3.05) is 5.32 Å². The molecule has 0 aliphatic carbocycles. The van der Waals surface area contributed by atoms with Crippen molar-refractivity contribution in [1.82, 2.24) is 15.0 Å². The predicted molar refractivity (Wildman–Crippen MR) is 112 cm³/mol. The molecule has 0 spiro atoms. The van der Waals surface area contributed by atoms with Gasteiger partial charge in [-0.3, -0.25) is 4.79 Å². The number of pyridine rings is 1. The van der Waals surface area contributed by atoms with E-state index in [9.17, 15) is 18.0 Å². The van der Waals surface area contributed by atoms with Gasteiger partial charge in [0.15, 0.2) is 5.65 Å². The SMILES string of the molecule is Cc1nc2nc(Sc3ccccc3)cnc2cc1NC(=O)c1cccc(C(F)(F)F)c1. The fourth-order valence-corrected chi connectivity index (χ4v) is 3.61. The zero-order chi connectivity index (χ0) is 22.0.